The molecule has 0 saturated heterocycles. The fourth-order valence-electron chi connectivity index (χ4n) is 2.12. The molecule has 0 spiro atoms. The average molecular weight is 350 g/mol. The topological polar surface area (TPSA) is 21.3 Å². The maximum atomic E-state index is 13.2. The van der Waals surface area contributed by atoms with Crippen LogP contribution in [-0.4, -0.2) is 6.04 Å². The molecule has 0 heterocycles. The van der Waals surface area contributed by atoms with Crippen molar-refractivity contribution >= 4 is 15.9 Å². The molecule has 0 atom stereocenters. The minimum Gasteiger partial charge on any atom is -0.489 e. The summed E-state index contributed by atoms with van der Waals surface area (Å²) in [5, 5.41) is 3.49. The van der Waals surface area contributed by atoms with E-state index in [2.05, 4.69) is 27.3 Å². The fraction of sp³-hybridized carbons (Fsp3) is 0.294. The summed E-state index contributed by atoms with van der Waals surface area (Å²) in [7, 11) is 0. The Bertz CT molecular complexity index is 628. The van der Waals surface area contributed by atoms with Crippen molar-refractivity contribution < 1.29 is 9.13 Å². The monoisotopic (exact) mass is 349 g/mol. The highest BCUT2D eigenvalue weighted by molar-refractivity contribution is 9.10. The van der Waals surface area contributed by atoms with Crippen LogP contribution in [0.5, 0.6) is 5.75 Å². The molecular formula is C17H17BrFNO. The van der Waals surface area contributed by atoms with Gasteiger partial charge in [-0.1, -0.05) is 24.3 Å². The van der Waals surface area contributed by atoms with E-state index in [1.807, 2.05) is 18.2 Å². The Kier molecular flexibility index (Phi) is 4.56. The van der Waals surface area contributed by atoms with Crippen molar-refractivity contribution in [2.45, 2.75) is 32.0 Å². The van der Waals surface area contributed by atoms with Gasteiger partial charge in [0.2, 0.25) is 0 Å². The highest BCUT2D eigenvalue weighted by atomic mass is 79.9. The third-order valence-electron chi connectivity index (χ3n) is 3.51. The summed E-state index contributed by atoms with van der Waals surface area (Å²) in [6.07, 6.45) is 2.54. The van der Waals surface area contributed by atoms with Crippen molar-refractivity contribution in [1.82, 2.24) is 5.32 Å². The first-order valence-corrected chi connectivity index (χ1v) is 7.89. The Morgan fingerprint density at radius 1 is 1.19 bits per heavy atom. The molecule has 0 aliphatic heterocycles. The highest BCUT2D eigenvalue weighted by Crippen LogP contribution is 2.24. The van der Waals surface area contributed by atoms with Crippen LogP contribution in [0.1, 0.15) is 24.0 Å². The minimum absolute atomic E-state index is 0.257. The smallest absolute Gasteiger partial charge is 0.137 e. The zero-order chi connectivity index (χ0) is 14.7. The van der Waals surface area contributed by atoms with E-state index in [1.165, 1.54) is 18.9 Å². The van der Waals surface area contributed by atoms with Gasteiger partial charge >= 0.3 is 0 Å². The Balaban J connectivity index is 1.64. The molecular weight excluding hydrogens is 333 g/mol. The third-order valence-corrected chi connectivity index (χ3v) is 4.12. The molecule has 2 nitrogen and oxygen atoms in total. The van der Waals surface area contributed by atoms with Crippen molar-refractivity contribution in [3.63, 3.8) is 0 Å². The molecule has 1 aliphatic rings. The van der Waals surface area contributed by atoms with Crippen LogP contribution in [0.25, 0.3) is 0 Å². The average Bonchev–Trinajstić information content (AvgIpc) is 3.31. The number of nitrogens with one attached hydrogen (secondary N) is 1. The van der Waals surface area contributed by atoms with E-state index in [0.29, 0.717) is 17.1 Å². The van der Waals surface area contributed by atoms with E-state index in [0.717, 1.165) is 23.4 Å². The lowest BCUT2D eigenvalue weighted by Gasteiger charge is -2.12. The number of hydrogen-bond acceptors (Lipinski definition) is 2. The Morgan fingerprint density at radius 2 is 2.00 bits per heavy atom. The summed E-state index contributed by atoms with van der Waals surface area (Å²) in [5.74, 6) is 0.624. The predicted molar refractivity (Wildman–Crippen MR) is 84.7 cm³/mol. The molecule has 0 unspecified atom stereocenters. The molecule has 3 rings (SSSR count). The van der Waals surface area contributed by atoms with Gasteiger partial charge in [0.15, 0.2) is 0 Å². The molecule has 1 N–H and O–H groups in total. The third kappa shape index (κ3) is 4.05. The van der Waals surface area contributed by atoms with Gasteiger partial charge < -0.3 is 10.1 Å². The second-order valence-corrected chi connectivity index (χ2v) is 6.15. The Morgan fingerprint density at radius 3 is 2.76 bits per heavy atom. The zero-order valence-corrected chi connectivity index (χ0v) is 13.2. The van der Waals surface area contributed by atoms with Crippen molar-refractivity contribution in [2.75, 3.05) is 0 Å². The molecule has 1 fully saturated rings. The summed E-state index contributed by atoms with van der Waals surface area (Å²) in [6.45, 7) is 1.26. The van der Waals surface area contributed by atoms with E-state index in [-0.39, 0.29) is 5.82 Å². The van der Waals surface area contributed by atoms with Crippen LogP contribution in [0.4, 0.5) is 4.39 Å². The van der Waals surface area contributed by atoms with Gasteiger partial charge in [0, 0.05) is 18.2 Å². The van der Waals surface area contributed by atoms with Crippen LogP contribution in [0.3, 0.4) is 0 Å². The largest absolute Gasteiger partial charge is 0.489 e. The first kappa shape index (κ1) is 14.5. The lowest BCUT2D eigenvalue weighted by atomic mass is 10.2. The van der Waals surface area contributed by atoms with Gasteiger partial charge in [0.05, 0.1) is 4.47 Å². The summed E-state index contributed by atoms with van der Waals surface area (Å²) in [5.41, 5.74) is 2.10. The quantitative estimate of drug-likeness (QED) is 0.833. The van der Waals surface area contributed by atoms with Gasteiger partial charge in [-0.2, -0.15) is 0 Å². The molecule has 4 heteroatoms. The molecule has 0 bridgehead atoms. The second-order valence-electron chi connectivity index (χ2n) is 5.30. The van der Waals surface area contributed by atoms with Crippen LogP contribution in [0.15, 0.2) is 46.9 Å². The number of ether oxygens (including phenoxy) is 1. The lowest BCUT2D eigenvalue weighted by molar-refractivity contribution is 0.302. The van der Waals surface area contributed by atoms with Crippen molar-refractivity contribution in [1.29, 1.82) is 0 Å². The zero-order valence-electron chi connectivity index (χ0n) is 11.6. The number of para-hydroxylation sites is 1. The van der Waals surface area contributed by atoms with Crippen LogP contribution in [0.2, 0.25) is 0 Å². The fourth-order valence-corrected chi connectivity index (χ4v) is 2.55. The van der Waals surface area contributed by atoms with Crippen molar-refractivity contribution in [3.8, 4) is 5.75 Å². The van der Waals surface area contributed by atoms with E-state index in [9.17, 15) is 4.39 Å². The van der Waals surface area contributed by atoms with E-state index < -0.39 is 0 Å². The first-order chi connectivity index (χ1) is 10.2. The number of hydrogen-bond donors (Lipinski definition) is 1. The maximum Gasteiger partial charge on any atom is 0.137 e. The minimum atomic E-state index is -0.257. The van der Waals surface area contributed by atoms with Crippen LogP contribution in [0, 0.1) is 5.82 Å². The van der Waals surface area contributed by atoms with Gasteiger partial charge in [0.1, 0.15) is 18.2 Å². The molecule has 0 aromatic heterocycles. The summed E-state index contributed by atoms with van der Waals surface area (Å²) in [4.78, 5) is 0. The predicted octanol–water partition coefficient (Wildman–Crippen LogP) is 4.42. The van der Waals surface area contributed by atoms with E-state index in [4.69, 9.17) is 4.74 Å². The van der Waals surface area contributed by atoms with Gasteiger partial charge in [-0.3, -0.25) is 0 Å². The Hall–Kier alpha value is -1.39. The molecule has 1 aliphatic carbocycles. The molecule has 1 saturated carbocycles. The van der Waals surface area contributed by atoms with Crippen molar-refractivity contribution in [3.05, 3.63) is 63.9 Å². The van der Waals surface area contributed by atoms with E-state index in [1.54, 1.807) is 12.1 Å². The maximum absolute atomic E-state index is 13.2. The normalized spacial score (nSPS) is 14.2. The van der Waals surface area contributed by atoms with Crippen LogP contribution < -0.4 is 10.1 Å². The van der Waals surface area contributed by atoms with Gasteiger partial charge in [-0.05, 0) is 52.5 Å². The van der Waals surface area contributed by atoms with Gasteiger partial charge in [0.25, 0.3) is 0 Å². The molecule has 0 radical (unpaired) electrons. The lowest BCUT2D eigenvalue weighted by Crippen LogP contribution is -2.16. The second kappa shape index (κ2) is 6.58. The highest BCUT2D eigenvalue weighted by Gasteiger charge is 2.20. The van der Waals surface area contributed by atoms with Crippen molar-refractivity contribution in [2.24, 2.45) is 0 Å². The molecule has 0 amide bonds. The van der Waals surface area contributed by atoms with Gasteiger partial charge in [-0.15, -0.1) is 0 Å². The summed E-state index contributed by atoms with van der Waals surface area (Å²) in [6, 6.07) is 13.6. The van der Waals surface area contributed by atoms with Crippen LogP contribution >= 0.6 is 15.9 Å². The van der Waals surface area contributed by atoms with E-state index >= 15 is 0 Å². The SMILES string of the molecule is Fc1ccc(COc2ccccc2CNC2CC2)cc1Br. The summed E-state index contributed by atoms with van der Waals surface area (Å²) >= 11 is 3.19. The number of rotatable bonds is 6. The van der Waals surface area contributed by atoms with Crippen LogP contribution in [-0.2, 0) is 13.2 Å². The summed E-state index contributed by atoms with van der Waals surface area (Å²) < 4.78 is 19.6. The Labute approximate surface area is 132 Å². The molecule has 2 aromatic carbocycles. The standard InChI is InChI=1S/C17H17BrFNO/c18-15-9-12(5-8-16(15)19)11-21-17-4-2-1-3-13(17)10-20-14-6-7-14/h1-5,8-9,14,20H,6-7,10-11H2. The first-order valence-electron chi connectivity index (χ1n) is 7.10. The molecule has 21 heavy (non-hydrogen) atoms. The molecule has 2 aromatic rings. The van der Waals surface area contributed by atoms with Gasteiger partial charge in [-0.25, -0.2) is 4.39 Å². The number of halogens is 2. The number of benzene rings is 2. The molecule has 110 valence electrons.